The molecule has 0 aliphatic carbocycles. The van der Waals surface area contributed by atoms with Crippen LogP contribution in [-0.4, -0.2) is 63.4 Å². The summed E-state index contributed by atoms with van der Waals surface area (Å²) in [5.41, 5.74) is 0.475. The van der Waals surface area contributed by atoms with E-state index in [0.29, 0.717) is 31.2 Å². The Labute approximate surface area is 151 Å². The molecular formula is C18H30N2O4S. The molecular weight excluding hydrogens is 340 g/mol. The number of amides is 1. The van der Waals surface area contributed by atoms with E-state index in [-0.39, 0.29) is 16.8 Å². The van der Waals surface area contributed by atoms with Gasteiger partial charge in [-0.1, -0.05) is 13.8 Å². The third-order valence-corrected chi connectivity index (χ3v) is 5.99. The lowest BCUT2D eigenvalue weighted by atomic mass is 10.1. The van der Waals surface area contributed by atoms with Crippen LogP contribution in [0.15, 0.2) is 29.2 Å². The average molecular weight is 371 g/mol. The van der Waals surface area contributed by atoms with Crippen LogP contribution in [0.3, 0.4) is 0 Å². The first-order chi connectivity index (χ1) is 11.6. The molecule has 0 aromatic heterocycles. The SMILES string of the molecule is COCCN(CC(C)C)C(=O)c1ccc(S(=O)(=O)N(C)C(C)C)cc1. The Morgan fingerprint density at radius 1 is 1.12 bits per heavy atom. The molecule has 0 bridgehead atoms. The monoisotopic (exact) mass is 370 g/mol. The van der Waals surface area contributed by atoms with Crippen LogP contribution in [0.1, 0.15) is 38.1 Å². The maximum Gasteiger partial charge on any atom is 0.253 e. The van der Waals surface area contributed by atoms with Crippen molar-refractivity contribution in [2.24, 2.45) is 5.92 Å². The van der Waals surface area contributed by atoms with Crippen molar-refractivity contribution >= 4 is 15.9 Å². The lowest BCUT2D eigenvalue weighted by Crippen LogP contribution is -2.36. The molecule has 1 aromatic carbocycles. The van der Waals surface area contributed by atoms with Gasteiger partial charge in [-0.15, -0.1) is 0 Å². The minimum Gasteiger partial charge on any atom is -0.383 e. The molecule has 1 rings (SSSR count). The number of methoxy groups -OCH3 is 1. The molecule has 0 spiro atoms. The van der Waals surface area contributed by atoms with Crippen LogP contribution >= 0.6 is 0 Å². The Kier molecular flexibility index (Phi) is 8.05. The number of nitrogens with zero attached hydrogens (tertiary/aromatic N) is 2. The van der Waals surface area contributed by atoms with Crippen molar-refractivity contribution in [3.05, 3.63) is 29.8 Å². The summed E-state index contributed by atoms with van der Waals surface area (Å²) < 4.78 is 31.4. The van der Waals surface area contributed by atoms with Gasteiger partial charge in [-0.25, -0.2) is 8.42 Å². The number of rotatable bonds is 9. The smallest absolute Gasteiger partial charge is 0.253 e. The molecule has 0 fully saturated rings. The average Bonchev–Trinajstić information content (AvgIpc) is 2.56. The third kappa shape index (κ3) is 5.80. The molecule has 0 aliphatic rings. The summed E-state index contributed by atoms with van der Waals surface area (Å²) in [6.07, 6.45) is 0. The Morgan fingerprint density at radius 2 is 1.68 bits per heavy atom. The second-order valence-electron chi connectivity index (χ2n) is 6.78. The third-order valence-electron chi connectivity index (χ3n) is 3.94. The van der Waals surface area contributed by atoms with Gasteiger partial charge in [0.2, 0.25) is 10.0 Å². The van der Waals surface area contributed by atoms with Gasteiger partial charge in [0.1, 0.15) is 0 Å². The Balaban J connectivity index is 3.02. The van der Waals surface area contributed by atoms with Gasteiger partial charge in [-0.2, -0.15) is 4.31 Å². The van der Waals surface area contributed by atoms with E-state index in [1.807, 2.05) is 27.7 Å². The van der Waals surface area contributed by atoms with E-state index in [1.165, 1.54) is 16.4 Å². The van der Waals surface area contributed by atoms with Crippen LogP contribution in [0.2, 0.25) is 0 Å². The van der Waals surface area contributed by atoms with Crippen LogP contribution < -0.4 is 0 Å². The fourth-order valence-corrected chi connectivity index (χ4v) is 3.68. The van der Waals surface area contributed by atoms with Gasteiger partial charge in [0, 0.05) is 38.9 Å². The molecule has 25 heavy (non-hydrogen) atoms. The van der Waals surface area contributed by atoms with Gasteiger partial charge in [-0.3, -0.25) is 4.79 Å². The van der Waals surface area contributed by atoms with Crippen LogP contribution in [0, 0.1) is 5.92 Å². The lowest BCUT2D eigenvalue weighted by Gasteiger charge is -2.25. The summed E-state index contributed by atoms with van der Waals surface area (Å²) in [5.74, 6) is 0.215. The number of sulfonamides is 1. The highest BCUT2D eigenvalue weighted by Gasteiger charge is 2.24. The summed E-state index contributed by atoms with van der Waals surface area (Å²) in [6.45, 7) is 9.31. The predicted octanol–water partition coefficient (Wildman–Crippen LogP) is 2.46. The zero-order valence-corrected chi connectivity index (χ0v) is 16.8. The van der Waals surface area contributed by atoms with Gasteiger partial charge in [0.25, 0.3) is 5.91 Å². The van der Waals surface area contributed by atoms with Gasteiger partial charge in [0.15, 0.2) is 0 Å². The van der Waals surface area contributed by atoms with E-state index in [4.69, 9.17) is 4.74 Å². The van der Waals surface area contributed by atoms with Crippen LogP contribution in [-0.2, 0) is 14.8 Å². The number of hydrogen-bond acceptors (Lipinski definition) is 4. The maximum absolute atomic E-state index is 12.7. The number of ether oxygens (including phenoxy) is 1. The number of carbonyl (C=O) groups excluding carboxylic acids is 1. The second-order valence-corrected chi connectivity index (χ2v) is 8.77. The van der Waals surface area contributed by atoms with Crippen LogP contribution in [0.25, 0.3) is 0 Å². The molecule has 0 saturated heterocycles. The molecule has 1 aromatic rings. The van der Waals surface area contributed by atoms with Gasteiger partial charge in [0.05, 0.1) is 11.5 Å². The first-order valence-electron chi connectivity index (χ1n) is 8.47. The zero-order valence-electron chi connectivity index (χ0n) is 16.0. The molecule has 142 valence electrons. The van der Waals surface area contributed by atoms with Gasteiger partial charge < -0.3 is 9.64 Å². The maximum atomic E-state index is 12.7. The Morgan fingerprint density at radius 3 is 2.12 bits per heavy atom. The second kappa shape index (κ2) is 9.31. The van der Waals surface area contributed by atoms with Crippen molar-refractivity contribution in [2.75, 3.05) is 33.9 Å². The van der Waals surface area contributed by atoms with Crippen molar-refractivity contribution in [1.82, 2.24) is 9.21 Å². The number of hydrogen-bond donors (Lipinski definition) is 0. The van der Waals surface area contributed by atoms with E-state index in [0.717, 1.165) is 0 Å². The van der Waals surface area contributed by atoms with Gasteiger partial charge >= 0.3 is 0 Å². The molecule has 7 heteroatoms. The molecule has 0 aliphatic heterocycles. The minimum absolute atomic E-state index is 0.119. The van der Waals surface area contributed by atoms with Gasteiger partial charge in [-0.05, 0) is 44.0 Å². The van der Waals surface area contributed by atoms with E-state index in [2.05, 4.69) is 0 Å². The normalized spacial score (nSPS) is 12.2. The largest absolute Gasteiger partial charge is 0.383 e. The lowest BCUT2D eigenvalue weighted by molar-refractivity contribution is 0.0672. The summed E-state index contributed by atoms with van der Waals surface area (Å²) in [5, 5.41) is 0. The van der Waals surface area contributed by atoms with Crippen molar-refractivity contribution in [3.8, 4) is 0 Å². The molecule has 1 amide bonds. The molecule has 0 N–H and O–H groups in total. The summed E-state index contributed by atoms with van der Waals surface area (Å²) >= 11 is 0. The van der Waals surface area contributed by atoms with Crippen molar-refractivity contribution < 1.29 is 17.9 Å². The van der Waals surface area contributed by atoms with E-state index in [1.54, 1.807) is 31.2 Å². The Bertz CT molecular complexity index is 654. The highest BCUT2D eigenvalue weighted by molar-refractivity contribution is 7.89. The summed E-state index contributed by atoms with van der Waals surface area (Å²) in [7, 11) is -0.396. The van der Waals surface area contributed by atoms with Crippen molar-refractivity contribution in [2.45, 2.75) is 38.6 Å². The molecule has 0 radical (unpaired) electrons. The first-order valence-corrected chi connectivity index (χ1v) is 9.91. The molecule has 0 heterocycles. The Hall–Kier alpha value is -1.44. The highest BCUT2D eigenvalue weighted by Crippen LogP contribution is 2.18. The quantitative estimate of drug-likeness (QED) is 0.670. The minimum atomic E-state index is -3.55. The molecule has 0 saturated carbocycles. The zero-order chi connectivity index (χ0) is 19.2. The number of benzene rings is 1. The van der Waals surface area contributed by atoms with Crippen molar-refractivity contribution in [3.63, 3.8) is 0 Å². The van der Waals surface area contributed by atoms with E-state index in [9.17, 15) is 13.2 Å². The fraction of sp³-hybridized carbons (Fsp3) is 0.611. The standard InChI is InChI=1S/C18H30N2O4S/c1-14(2)13-20(11-12-24-6)18(21)16-7-9-17(10-8-16)25(22,23)19(5)15(3)4/h7-10,14-15H,11-13H2,1-6H3. The van der Waals surface area contributed by atoms with E-state index >= 15 is 0 Å². The highest BCUT2D eigenvalue weighted by atomic mass is 32.2. The molecule has 0 unspecified atom stereocenters. The first kappa shape index (κ1) is 21.6. The molecule has 6 nitrogen and oxygen atoms in total. The topological polar surface area (TPSA) is 66.9 Å². The van der Waals surface area contributed by atoms with Crippen molar-refractivity contribution in [1.29, 1.82) is 0 Å². The summed E-state index contributed by atoms with van der Waals surface area (Å²) in [6, 6.07) is 5.99. The predicted molar refractivity (Wildman–Crippen MR) is 99.1 cm³/mol. The fourth-order valence-electron chi connectivity index (χ4n) is 2.31. The van der Waals surface area contributed by atoms with Crippen LogP contribution in [0.5, 0.6) is 0 Å². The van der Waals surface area contributed by atoms with Crippen LogP contribution in [0.4, 0.5) is 0 Å². The molecule has 0 atom stereocenters. The number of carbonyl (C=O) groups is 1. The van der Waals surface area contributed by atoms with E-state index < -0.39 is 10.0 Å². The summed E-state index contributed by atoms with van der Waals surface area (Å²) in [4.78, 5) is 14.6.